The number of fused-ring (bicyclic) bond motifs is 1. The summed E-state index contributed by atoms with van der Waals surface area (Å²) in [5, 5.41) is 2.95. The predicted octanol–water partition coefficient (Wildman–Crippen LogP) is 2.99. The summed E-state index contributed by atoms with van der Waals surface area (Å²) in [5.74, 6) is 1.48. The zero-order valence-corrected chi connectivity index (χ0v) is 13.3. The van der Waals surface area contributed by atoms with Crippen molar-refractivity contribution < 1.29 is 14.3 Å². The molecule has 0 fully saturated rings. The summed E-state index contributed by atoms with van der Waals surface area (Å²) < 4.78 is 10.8. The summed E-state index contributed by atoms with van der Waals surface area (Å²) >= 11 is 0. The van der Waals surface area contributed by atoms with Gasteiger partial charge in [-0.3, -0.25) is 4.79 Å². The molecule has 1 aliphatic heterocycles. The molecule has 0 aromatic heterocycles. The maximum absolute atomic E-state index is 12.2. The largest absolute Gasteiger partial charge is 0.496 e. The van der Waals surface area contributed by atoms with Crippen LogP contribution >= 0.6 is 0 Å². The van der Waals surface area contributed by atoms with E-state index in [9.17, 15) is 4.79 Å². The van der Waals surface area contributed by atoms with Crippen molar-refractivity contribution in [3.05, 3.63) is 59.2 Å². The van der Waals surface area contributed by atoms with E-state index in [4.69, 9.17) is 9.47 Å². The van der Waals surface area contributed by atoms with Gasteiger partial charge in [-0.25, -0.2) is 0 Å². The van der Waals surface area contributed by atoms with Crippen molar-refractivity contribution >= 4 is 5.91 Å². The van der Waals surface area contributed by atoms with Crippen molar-refractivity contribution in [2.45, 2.75) is 19.3 Å². The second-order valence-corrected chi connectivity index (χ2v) is 5.60. The third-order valence-electron chi connectivity index (χ3n) is 4.02. The molecule has 2 aromatic carbocycles. The number of benzene rings is 2. The van der Waals surface area contributed by atoms with E-state index in [-0.39, 0.29) is 5.91 Å². The maximum Gasteiger partial charge on any atom is 0.255 e. The van der Waals surface area contributed by atoms with Crippen LogP contribution in [0.3, 0.4) is 0 Å². The Hall–Kier alpha value is -2.49. The van der Waals surface area contributed by atoms with Crippen LogP contribution in [0.4, 0.5) is 0 Å². The van der Waals surface area contributed by atoms with Crippen LogP contribution in [0.25, 0.3) is 0 Å². The van der Waals surface area contributed by atoms with E-state index < -0.39 is 0 Å². The molecule has 0 saturated heterocycles. The van der Waals surface area contributed by atoms with Crippen molar-refractivity contribution in [1.29, 1.82) is 0 Å². The predicted molar refractivity (Wildman–Crippen MR) is 89.3 cm³/mol. The zero-order valence-electron chi connectivity index (χ0n) is 13.3. The lowest BCUT2D eigenvalue weighted by molar-refractivity contribution is 0.0951. The lowest BCUT2D eigenvalue weighted by Crippen LogP contribution is -2.26. The van der Waals surface area contributed by atoms with Gasteiger partial charge in [-0.05, 0) is 48.6 Å². The van der Waals surface area contributed by atoms with Gasteiger partial charge in [0.1, 0.15) is 11.5 Å². The Morgan fingerprint density at radius 2 is 2.13 bits per heavy atom. The number of carbonyl (C=O) groups is 1. The lowest BCUT2D eigenvalue weighted by atomic mass is 10.0. The van der Waals surface area contributed by atoms with Gasteiger partial charge in [-0.1, -0.05) is 24.3 Å². The molecule has 1 N–H and O–H groups in total. The lowest BCUT2D eigenvalue weighted by Gasteiger charge is -2.18. The van der Waals surface area contributed by atoms with Gasteiger partial charge in [0, 0.05) is 6.54 Å². The molecule has 3 rings (SSSR count). The number of carbonyl (C=O) groups excluding carboxylic acids is 1. The van der Waals surface area contributed by atoms with E-state index in [2.05, 4.69) is 17.4 Å². The molecule has 0 unspecified atom stereocenters. The summed E-state index contributed by atoms with van der Waals surface area (Å²) in [6, 6.07) is 13.5. The van der Waals surface area contributed by atoms with Gasteiger partial charge in [0.25, 0.3) is 5.91 Å². The van der Waals surface area contributed by atoms with Crippen LogP contribution in [0.5, 0.6) is 11.5 Å². The number of methoxy groups -OCH3 is 1. The number of nitrogens with one attached hydrogen (secondary N) is 1. The van der Waals surface area contributed by atoms with Crippen molar-refractivity contribution in [1.82, 2.24) is 5.32 Å². The van der Waals surface area contributed by atoms with E-state index >= 15 is 0 Å². The molecule has 120 valence electrons. The van der Waals surface area contributed by atoms with Gasteiger partial charge in [-0.2, -0.15) is 0 Å². The second-order valence-electron chi connectivity index (χ2n) is 5.60. The topological polar surface area (TPSA) is 47.6 Å². The van der Waals surface area contributed by atoms with Crippen LogP contribution in [-0.4, -0.2) is 26.2 Å². The molecule has 0 bridgehead atoms. The Bertz CT molecular complexity index is 697. The number of ether oxygens (including phenoxy) is 2. The van der Waals surface area contributed by atoms with Gasteiger partial charge in [-0.15, -0.1) is 0 Å². The first kappa shape index (κ1) is 15.4. The molecule has 4 nitrogen and oxygen atoms in total. The maximum atomic E-state index is 12.2. The fourth-order valence-corrected chi connectivity index (χ4v) is 2.82. The number of amides is 1. The summed E-state index contributed by atoms with van der Waals surface area (Å²) in [5.41, 5.74) is 3.05. The van der Waals surface area contributed by atoms with Crippen molar-refractivity contribution in [2.75, 3.05) is 20.3 Å². The monoisotopic (exact) mass is 311 g/mol. The number of rotatable bonds is 5. The Balaban J connectivity index is 1.58. The average Bonchev–Trinajstić information content (AvgIpc) is 2.61. The Morgan fingerprint density at radius 3 is 3.00 bits per heavy atom. The molecule has 1 amide bonds. The van der Waals surface area contributed by atoms with Crippen molar-refractivity contribution in [3.63, 3.8) is 0 Å². The summed E-state index contributed by atoms with van der Waals surface area (Å²) in [7, 11) is 1.57. The highest BCUT2D eigenvalue weighted by molar-refractivity contribution is 5.96. The molecule has 0 spiro atoms. The molecule has 1 aliphatic rings. The summed E-state index contributed by atoms with van der Waals surface area (Å²) in [6.45, 7) is 1.40. The van der Waals surface area contributed by atoms with Crippen molar-refractivity contribution in [2.24, 2.45) is 0 Å². The summed E-state index contributed by atoms with van der Waals surface area (Å²) in [4.78, 5) is 12.2. The molecule has 2 aromatic rings. The first-order chi connectivity index (χ1) is 11.3. The highest BCUT2D eigenvalue weighted by Crippen LogP contribution is 2.25. The minimum absolute atomic E-state index is 0.108. The van der Waals surface area contributed by atoms with Crippen LogP contribution in [0.15, 0.2) is 42.5 Å². The van der Waals surface area contributed by atoms with Crippen LogP contribution in [-0.2, 0) is 12.8 Å². The fourth-order valence-electron chi connectivity index (χ4n) is 2.82. The number of aryl methyl sites for hydroxylation is 1. The molecular formula is C19H21NO3. The van der Waals surface area contributed by atoms with E-state index in [1.807, 2.05) is 18.2 Å². The Labute approximate surface area is 136 Å². The van der Waals surface area contributed by atoms with Crippen LogP contribution in [0.1, 0.15) is 27.9 Å². The van der Waals surface area contributed by atoms with E-state index in [1.165, 1.54) is 11.1 Å². The molecule has 0 atom stereocenters. The van der Waals surface area contributed by atoms with Crippen LogP contribution in [0.2, 0.25) is 0 Å². The SMILES string of the molecule is COc1ccccc1C(=O)NCCc1ccc2c(c1)CCCO2. The summed E-state index contributed by atoms with van der Waals surface area (Å²) in [6.07, 6.45) is 2.94. The van der Waals surface area contributed by atoms with Crippen LogP contribution < -0.4 is 14.8 Å². The quantitative estimate of drug-likeness (QED) is 0.923. The standard InChI is InChI=1S/C19H21NO3/c1-22-18-7-3-2-6-16(18)19(21)20-11-10-14-8-9-17-15(13-14)5-4-12-23-17/h2-3,6-9,13H,4-5,10-12H2,1H3,(H,20,21). The van der Waals surface area contributed by atoms with E-state index in [0.717, 1.165) is 31.6 Å². The third-order valence-corrected chi connectivity index (χ3v) is 4.02. The van der Waals surface area contributed by atoms with E-state index in [1.54, 1.807) is 19.2 Å². The normalized spacial score (nSPS) is 12.9. The van der Waals surface area contributed by atoms with Crippen LogP contribution in [0, 0.1) is 0 Å². The Morgan fingerprint density at radius 1 is 1.26 bits per heavy atom. The van der Waals surface area contributed by atoms with Gasteiger partial charge in [0.05, 0.1) is 19.3 Å². The third kappa shape index (κ3) is 3.65. The number of hydrogen-bond acceptors (Lipinski definition) is 3. The van der Waals surface area contributed by atoms with Gasteiger partial charge >= 0.3 is 0 Å². The Kier molecular flexibility index (Phi) is 4.81. The minimum atomic E-state index is -0.108. The smallest absolute Gasteiger partial charge is 0.255 e. The zero-order chi connectivity index (χ0) is 16.1. The molecule has 0 saturated carbocycles. The molecule has 0 aliphatic carbocycles. The number of para-hydroxylation sites is 1. The molecule has 1 heterocycles. The fraction of sp³-hybridized carbons (Fsp3) is 0.316. The van der Waals surface area contributed by atoms with Crippen molar-refractivity contribution in [3.8, 4) is 11.5 Å². The molecular weight excluding hydrogens is 290 g/mol. The second kappa shape index (κ2) is 7.18. The highest BCUT2D eigenvalue weighted by Gasteiger charge is 2.12. The molecule has 23 heavy (non-hydrogen) atoms. The molecule has 4 heteroatoms. The highest BCUT2D eigenvalue weighted by atomic mass is 16.5. The first-order valence-electron chi connectivity index (χ1n) is 7.94. The van der Waals surface area contributed by atoms with E-state index in [0.29, 0.717) is 17.9 Å². The number of hydrogen-bond donors (Lipinski definition) is 1. The molecule has 0 radical (unpaired) electrons. The van der Waals surface area contributed by atoms with Gasteiger partial charge in [0.2, 0.25) is 0 Å². The average molecular weight is 311 g/mol. The first-order valence-corrected chi connectivity index (χ1v) is 7.94. The van der Waals surface area contributed by atoms with Gasteiger partial charge in [0.15, 0.2) is 0 Å². The van der Waals surface area contributed by atoms with Gasteiger partial charge < -0.3 is 14.8 Å². The minimum Gasteiger partial charge on any atom is -0.496 e.